The number of nitrogens with one attached hydrogen (secondary N) is 1. The van der Waals surface area contributed by atoms with Crippen LogP contribution in [0, 0.1) is 6.92 Å². The summed E-state index contributed by atoms with van der Waals surface area (Å²) in [6.07, 6.45) is 3.55. The van der Waals surface area contributed by atoms with Crippen LogP contribution in [-0.2, 0) is 5.60 Å². The number of aliphatic hydroxyl groups is 1. The lowest BCUT2D eigenvalue weighted by Crippen LogP contribution is -2.35. The van der Waals surface area contributed by atoms with Gasteiger partial charge in [-0.2, -0.15) is 0 Å². The van der Waals surface area contributed by atoms with Crippen molar-refractivity contribution in [3.05, 3.63) is 83.7 Å². The molecule has 6 heteroatoms. The van der Waals surface area contributed by atoms with Crippen LogP contribution in [0.15, 0.2) is 67.0 Å². The molecule has 0 radical (unpaired) electrons. The fourth-order valence-corrected chi connectivity index (χ4v) is 3.62. The first kappa shape index (κ1) is 18.1. The first-order valence-corrected chi connectivity index (χ1v) is 9.27. The monoisotopic (exact) mass is 374 g/mol. The Balaban J connectivity index is 1.46. The summed E-state index contributed by atoms with van der Waals surface area (Å²) in [5, 5.41) is 14.2. The van der Waals surface area contributed by atoms with Gasteiger partial charge in [0.15, 0.2) is 0 Å². The van der Waals surface area contributed by atoms with Crippen molar-refractivity contribution in [1.29, 1.82) is 0 Å². The molecule has 0 unspecified atom stereocenters. The summed E-state index contributed by atoms with van der Waals surface area (Å²) in [6.45, 7) is 2.73. The van der Waals surface area contributed by atoms with Crippen molar-refractivity contribution in [2.45, 2.75) is 18.9 Å². The number of benzene rings is 2. The van der Waals surface area contributed by atoms with E-state index in [0.29, 0.717) is 24.5 Å². The summed E-state index contributed by atoms with van der Waals surface area (Å²) in [5.41, 5.74) is 2.18. The zero-order valence-corrected chi connectivity index (χ0v) is 15.7. The molecule has 142 valence electrons. The molecule has 1 atom stereocenters. The first-order valence-electron chi connectivity index (χ1n) is 9.27. The highest BCUT2D eigenvalue weighted by Crippen LogP contribution is 2.34. The van der Waals surface area contributed by atoms with E-state index in [1.165, 1.54) is 12.4 Å². The molecule has 1 fully saturated rings. The molecule has 6 nitrogen and oxygen atoms in total. The number of carbonyl (C=O) groups is 1. The van der Waals surface area contributed by atoms with E-state index in [9.17, 15) is 9.90 Å². The quantitative estimate of drug-likeness (QED) is 0.733. The van der Waals surface area contributed by atoms with Gasteiger partial charge in [0.05, 0.1) is 12.1 Å². The van der Waals surface area contributed by atoms with E-state index in [1.807, 2.05) is 61.5 Å². The molecule has 3 aromatic rings. The summed E-state index contributed by atoms with van der Waals surface area (Å²) in [6, 6.07) is 17.4. The van der Waals surface area contributed by atoms with Crippen molar-refractivity contribution >= 4 is 17.5 Å². The summed E-state index contributed by atoms with van der Waals surface area (Å²) in [4.78, 5) is 23.0. The molecule has 28 heavy (non-hydrogen) atoms. The van der Waals surface area contributed by atoms with Gasteiger partial charge in [0.2, 0.25) is 5.95 Å². The Morgan fingerprint density at radius 3 is 2.46 bits per heavy atom. The molecule has 1 aromatic heterocycles. The van der Waals surface area contributed by atoms with Crippen LogP contribution in [0.1, 0.15) is 27.9 Å². The highest BCUT2D eigenvalue weighted by atomic mass is 16.3. The molecule has 1 aliphatic heterocycles. The SMILES string of the molecule is Cc1ccccc1[C@@]1(O)CCN(C(=O)c2cnc(Nc3ccccc3)nc2)C1. The molecule has 0 bridgehead atoms. The van der Waals surface area contributed by atoms with Crippen molar-refractivity contribution in [3.63, 3.8) is 0 Å². The third kappa shape index (κ3) is 3.59. The van der Waals surface area contributed by atoms with E-state index < -0.39 is 5.60 Å². The predicted octanol–water partition coefficient (Wildman–Crippen LogP) is 3.26. The van der Waals surface area contributed by atoms with Crippen molar-refractivity contribution in [2.24, 2.45) is 0 Å². The standard InChI is InChI=1S/C22H22N4O2/c1-16-7-5-6-10-19(16)22(28)11-12-26(15-22)20(27)17-13-23-21(24-14-17)25-18-8-3-2-4-9-18/h2-10,13-14,28H,11-12,15H2,1H3,(H,23,24,25)/t22-/m1/s1. The van der Waals surface area contributed by atoms with Crippen molar-refractivity contribution in [3.8, 4) is 0 Å². The molecule has 2 aromatic carbocycles. The van der Waals surface area contributed by atoms with E-state index >= 15 is 0 Å². The number of aromatic nitrogens is 2. The predicted molar refractivity (Wildman–Crippen MR) is 107 cm³/mol. The van der Waals surface area contributed by atoms with E-state index in [2.05, 4.69) is 15.3 Å². The second kappa shape index (κ2) is 7.40. The number of rotatable bonds is 4. The topological polar surface area (TPSA) is 78.3 Å². The third-order valence-electron chi connectivity index (χ3n) is 5.11. The van der Waals surface area contributed by atoms with Crippen molar-refractivity contribution in [1.82, 2.24) is 14.9 Å². The average molecular weight is 374 g/mol. The van der Waals surface area contributed by atoms with Crippen molar-refractivity contribution in [2.75, 3.05) is 18.4 Å². The Bertz CT molecular complexity index is 975. The van der Waals surface area contributed by atoms with Crippen LogP contribution >= 0.6 is 0 Å². The molecule has 4 rings (SSSR count). The minimum absolute atomic E-state index is 0.171. The lowest BCUT2D eigenvalue weighted by Gasteiger charge is -2.25. The van der Waals surface area contributed by atoms with Crippen LogP contribution in [0.2, 0.25) is 0 Å². The van der Waals surface area contributed by atoms with Gasteiger partial charge >= 0.3 is 0 Å². The molecule has 2 heterocycles. The number of para-hydroxylation sites is 1. The minimum atomic E-state index is -1.02. The number of β-amino-alcohol motifs (C(OH)–C–C–N with tert-alkyl or cyclic N) is 1. The lowest BCUT2D eigenvalue weighted by molar-refractivity contribution is 0.0412. The van der Waals surface area contributed by atoms with Crippen LogP contribution in [0.4, 0.5) is 11.6 Å². The molecule has 1 aliphatic rings. The molecule has 2 N–H and O–H groups in total. The summed E-state index contributed by atoms with van der Waals surface area (Å²) in [5.74, 6) is 0.261. The fraction of sp³-hybridized carbons (Fsp3) is 0.227. The second-order valence-corrected chi connectivity index (χ2v) is 7.11. The molecular formula is C22H22N4O2. The van der Waals surface area contributed by atoms with Gasteiger partial charge < -0.3 is 15.3 Å². The normalized spacial score (nSPS) is 18.9. The van der Waals surface area contributed by atoms with Crippen LogP contribution in [0.5, 0.6) is 0 Å². The van der Waals surface area contributed by atoms with E-state index in [0.717, 1.165) is 16.8 Å². The largest absolute Gasteiger partial charge is 0.383 e. The van der Waals surface area contributed by atoms with Gasteiger partial charge in [0.1, 0.15) is 5.60 Å². The lowest BCUT2D eigenvalue weighted by atomic mass is 9.89. The molecule has 0 spiro atoms. The Morgan fingerprint density at radius 2 is 1.75 bits per heavy atom. The molecule has 1 amide bonds. The number of anilines is 2. The third-order valence-corrected chi connectivity index (χ3v) is 5.11. The number of carbonyl (C=O) groups excluding carboxylic acids is 1. The number of nitrogens with zero attached hydrogens (tertiary/aromatic N) is 3. The summed E-state index contributed by atoms with van der Waals surface area (Å²) >= 11 is 0. The van der Waals surface area contributed by atoms with E-state index in [4.69, 9.17) is 0 Å². The molecule has 0 aliphatic carbocycles. The maximum Gasteiger partial charge on any atom is 0.257 e. The van der Waals surface area contributed by atoms with Crippen LogP contribution in [0.3, 0.4) is 0 Å². The van der Waals surface area contributed by atoms with Gasteiger partial charge in [-0.15, -0.1) is 0 Å². The Morgan fingerprint density at radius 1 is 1.07 bits per heavy atom. The van der Waals surface area contributed by atoms with Gasteiger partial charge in [0, 0.05) is 24.6 Å². The zero-order valence-electron chi connectivity index (χ0n) is 15.7. The first-order chi connectivity index (χ1) is 13.5. The maximum absolute atomic E-state index is 12.8. The molecular weight excluding hydrogens is 352 g/mol. The number of aryl methyl sites for hydroxylation is 1. The van der Waals surface area contributed by atoms with E-state index in [-0.39, 0.29) is 12.5 Å². The number of likely N-dealkylation sites (tertiary alicyclic amines) is 1. The zero-order chi connectivity index (χ0) is 19.6. The van der Waals surface area contributed by atoms with Gasteiger partial charge in [-0.05, 0) is 36.6 Å². The average Bonchev–Trinajstić information content (AvgIpc) is 3.12. The van der Waals surface area contributed by atoms with E-state index in [1.54, 1.807) is 4.90 Å². The summed E-state index contributed by atoms with van der Waals surface area (Å²) in [7, 11) is 0. The molecule has 1 saturated heterocycles. The molecule has 0 saturated carbocycles. The van der Waals surface area contributed by atoms with Crippen molar-refractivity contribution < 1.29 is 9.90 Å². The highest BCUT2D eigenvalue weighted by molar-refractivity contribution is 5.94. The van der Waals surface area contributed by atoms with Gasteiger partial charge in [-0.1, -0.05) is 42.5 Å². The highest BCUT2D eigenvalue weighted by Gasteiger charge is 2.40. The number of hydrogen-bond acceptors (Lipinski definition) is 5. The van der Waals surface area contributed by atoms with Crippen LogP contribution in [0.25, 0.3) is 0 Å². The fourth-order valence-electron chi connectivity index (χ4n) is 3.62. The number of amides is 1. The van der Waals surface area contributed by atoms with Gasteiger partial charge in [-0.25, -0.2) is 9.97 Å². The Kier molecular flexibility index (Phi) is 4.79. The number of hydrogen-bond donors (Lipinski definition) is 2. The van der Waals surface area contributed by atoms with Gasteiger partial charge in [-0.3, -0.25) is 4.79 Å². The van der Waals surface area contributed by atoms with Gasteiger partial charge in [0.25, 0.3) is 5.91 Å². The smallest absolute Gasteiger partial charge is 0.257 e. The van der Waals surface area contributed by atoms with Crippen LogP contribution < -0.4 is 5.32 Å². The van der Waals surface area contributed by atoms with Crippen LogP contribution in [-0.4, -0.2) is 39.0 Å². The summed E-state index contributed by atoms with van der Waals surface area (Å²) < 4.78 is 0. The second-order valence-electron chi connectivity index (χ2n) is 7.11. The minimum Gasteiger partial charge on any atom is -0.383 e. The maximum atomic E-state index is 12.8. The Hall–Kier alpha value is -3.25. The Labute approximate surface area is 163 Å².